The number of carbonyl (C=O) groups is 1. The van der Waals surface area contributed by atoms with Gasteiger partial charge in [-0.2, -0.15) is 5.26 Å². The van der Waals surface area contributed by atoms with Gasteiger partial charge >= 0.3 is 0 Å². The van der Waals surface area contributed by atoms with Gasteiger partial charge in [0.2, 0.25) is 15.9 Å². The Kier molecular flexibility index (Phi) is 4.07. The number of nitrogens with two attached hydrogens (primary N) is 1. The smallest absolute Gasteiger partial charge is 0.238 e. The molecule has 0 unspecified atom stereocenters. The predicted molar refractivity (Wildman–Crippen MR) is 61.7 cm³/mol. The molecule has 8 heteroatoms. The Bertz CT molecular complexity index is 592. The molecule has 0 atom stereocenters. The van der Waals surface area contributed by atoms with Gasteiger partial charge in [-0.25, -0.2) is 13.6 Å². The SMILES string of the molecule is N#CCC(=O)Nc1cc(S(N)(=O)=O)ccc1Cl. The van der Waals surface area contributed by atoms with Crippen LogP contribution in [0.3, 0.4) is 0 Å². The number of amides is 1. The van der Waals surface area contributed by atoms with Crippen LogP contribution in [0.5, 0.6) is 0 Å². The van der Waals surface area contributed by atoms with Crippen molar-refractivity contribution in [3.63, 3.8) is 0 Å². The molecule has 1 aromatic rings. The average Bonchev–Trinajstić information content (AvgIpc) is 2.20. The molecule has 0 aliphatic rings. The second-order valence-electron chi connectivity index (χ2n) is 3.07. The van der Waals surface area contributed by atoms with Crippen LogP contribution in [0.1, 0.15) is 6.42 Å². The first-order chi connectivity index (χ1) is 7.84. The molecule has 0 aromatic heterocycles. The normalized spacial score (nSPS) is 10.6. The number of rotatable bonds is 3. The largest absolute Gasteiger partial charge is 0.324 e. The molecule has 0 saturated carbocycles. The molecule has 1 amide bonds. The summed E-state index contributed by atoms with van der Waals surface area (Å²) in [6.45, 7) is 0. The maximum Gasteiger partial charge on any atom is 0.238 e. The Morgan fingerprint density at radius 1 is 1.53 bits per heavy atom. The van der Waals surface area contributed by atoms with Gasteiger partial charge in [0.15, 0.2) is 0 Å². The van der Waals surface area contributed by atoms with E-state index in [1.165, 1.54) is 12.1 Å². The van der Waals surface area contributed by atoms with Gasteiger partial charge in [0.05, 0.1) is 21.7 Å². The van der Waals surface area contributed by atoms with E-state index in [4.69, 9.17) is 22.0 Å². The summed E-state index contributed by atoms with van der Waals surface area (Å²) in [6.07, 6.45) is -0.351. The van der Waals surface area contributed by atoms with Crippen molar-refractivity contribution in [3.05, 3.63) is 23.2 Å². The fraction of sp³-hybridized carbons (Fsp3) is 0.111. The van der Waals surface area contributed by atoms with Gasteiger partial charge in [-0.15, -0.1) is 0 Å². The Morgan fingerprint density at radius 2 is 2.18 bits per heavy atom. The molecule has 1 aromatic carbocycles. The van der Waals surface area contributed by atoms with Crippen LogP contribution < -0.4 is 10.5 Å². The van der Waals surface area contributed by atoms with Crippen LogP contribution in [-0.2, 0) is 14.8 Å². The van der Waals surface area contributed by atoms with Gasteiger partial charge in [-0.3, -0.25) is 4.79 Å². The lowest BCUT2D eigenvalue weighted by Crippen LogP contribution is -2.14. The third-order valence-corrected chi connectivity index (χ3v) is 3.02. The number of halogens is 1. The summed E-state index contributed by atoms with van der Waals surface area (Å²) in [5.74, 6) is -0.582. The Morgan fingerprint density at radius 3 is 2.71 bits per heavy atom. The van der Waals surface area contributed by atoms with Crippen molar-refractivity contribution in [1.29, 1.82) is 5.26 Å². The zero-order valence-corrected chi connectivity index (χ0v) is 10.0. The zero-order valence-electron chi connectivity index (χ0n) is 8.47. The van der Waals surface area contributed by atoms with E-state index in [-0.39, 0.29) is 22.0 Å². The molecule has 6 nitrogen and oxygen atoms in total. The number of nitriles is 1. The molecule has 90 valence electrons. The fourth-order valence-corrected chi connectivity index (χ4v) is 1.75. The molecule has 0 spiro atoms. The Hall–Kier alpha value is -1.62. The van der Waals surface area contributed by atoms with Crippen molar-refractivity contribution in [2.75, 3.05) is 5.32 Å². The van der Waals surface area contributed by atoms with E-state index in [0.29, 0.717) is 0 Å². The lowest BCUT2D eigenvalue weighted by atomic mass is 10.3. The summed E-state index contributed by atoms with van der Waals surface area (Å²) in [4.78, 5) is 11.0. The van der Waals surface area contributed by atoms with Gasteiger partial charge in [0, 0.05) is 0 Å². The monoisotopic (exact) mass is 273 g/mol. The van der Waals surface area contributed by atoms with Crippen LogP contribution in [0.25, 0.3) is 0 Å². The first-order valence-corrected chi connectivity index (χ1v) is 6.26. The number of carbonyl (C=O) groups excluding carboxylic acids is 1. The topological polar surface area (TPSA) is 113 Å². The minimum Gasteiger partial charge on any atom is -0.324 e. The quantitative estimate of drug-likeness (QED) is 0.849. The predicted octanol–water partition coefficient (Wildman–Crippen LogP) is 0.840. The molecule has 0 aliphatic carbocycles. The third-order valence-electron chi connectivity index (χ3n) is 1.78. The number of hydrogen-bond acceptors (Lipinski definition) is 4. The highest BCUT2D eigenvalue weighted by Crippen LogP contribution is 2.24. The number of sulfonamides is 1. The molecule has 17 heavy (non-hydrogen) atoms. The minimum atomic E-state index is -3.87. The number of primary sulfonamides is 1. The van der Waals surface area contributed by atoms with Crippen molar-refractivity contribution in [3.8, 4) is 6.07 Å². The van der Waals surface area contributed by atoms with Crippen LogP contribution in [0.4, 0.5) is 5.69 Å². The summed E-state index contributed by atoms with van der Waals surface area (Å²) in [7, 11) is -3.87. The second-order valence-corrected chi connectivity index (χ2v) is 5.04. The second kappa shape index (κ2) is 5.14. The number of nitrogens with one attached hydrogen (secondary N) is 1. The van der Waals surface area contributed by atoms with Crippen molar-refractivity contribution in [2.45, 2.75) is 11.3 Å². The number of hydrogen-bond donors (Lipinski definition) is 2. The first kappa shape index (κ1) is 13.4. The number of anilines is 1. The molecule has 3 N–H and O–H groups in total. The lowest BCUT2D eigenvalue weighted by Gasteiger charge is -2.07. The first-order valence-electron chi connectivity index (χ1n) is 4.34. The molecule has 0 fully saturated rings. The van der Waals surface area contributed by atoms with Crippen molar-refractivity contribution >= 4 is 33.2 Å². The van der Waals surface area contributed by atoms with E-state index in [0.717, 1.165) is 6.07 Å². The Balaban J connectivity index is 3.08. The van der Waals surface area contributed by atoms with Crippen LogP contribution in [0.2, 0.25) is 5.02 Å². The fourth-order valence-electron chi connectivity index (χ4n) is 1.04. The highest BCUT2D eigenvalue weighted by molar-refractivity contribution is 7.89. The summed E-state index contributed by atoms with van der Waals surface area (Å²) in [6, 6.07) is 5.30. The number of nitrogens with zero attached hydrogens (tertiary/aromatic N) is 1. The van der Waals surface area contributed by atoms with Crippen molar-refractivity contribution in [1.82, 2.24) is 0 Å². The molecule has 0 heterocycles. The molecule has 1 rings (SSSR count). The van der Waals surface area contributed by atoms with Gasteiger partial charge in [-0.05, 0) is 18.2 Å². The summed E-state index contributed by atoms with van der Waals surface area (Å²) in [5.41, 5.74) is 0.0958. The number of benzene rings is 1. The molecule has 0 saturated heterocycles. The van der Waals surface area contributed by atoms with E-state index in [1.807, 2.05) is 0 Å². The van der Waals surface area contributed by atoms with E-state index >= 15 is 0 Å². The van der Waals surface area contributed by atoms with Gasteiger partial charge < -0.3 is 5.32 Å². The Labute approximate surface area is 103 Å². The van der Waals surface area contributed by atoms with Crippen LogP contribution in [0.15, 0.2) is 23.1 Å². The summed E-state index contributed by atoms with van der Waals surface area (Å²) < 4.78 is 22.2. The lowest BCUT2D eigenvalue weighted by molar-refractivity contribution is -0.115. The maximum absolute atomic E-state index is 11.2. The standard InChI is InChI=1S/C9H8ClN3O3S/c10-7-2-1-6(17(12,15)16)5-8(7)13-9(14)3-4-11/h1-2,5H,3H2,(H,13,14)(H2,12,15,16). The molecule has 0 aliphatic heterocycles. The van der Waals surface area contributed by atoms with Crippen molar-refractivity contribution < 1.29 is 13.2 Å². The summed E-state index contributed by atoms with van der Waals surface area (Å²) >= 11 is 5.76. The van der Waals surface area contributed by atoms with Gasteiger partial charge in [-0.1, -0.05) is 11.6 Å². The van der Waals surface area contributed by atoms with Gasteiger partial charge in [0.1, 0.15) is 6.42 Å². The third kappa shape index (κ3) is 3.71. The van der Waals surface area contributed by atoms with Gasteiger partial charge in [0.25, 0.3) is 0 Å². The maximum atomic E-state index is 11.2. The van der Waals surface area contributed by atoms with E-state index in [9.17, 15) is 13.2 Å². The average molecular weight is 274 g/mol. The highest BCUT2D eigenvalue weighted by Gasteiger charge is 2.12. The van der Waals surface area contributed by atoms with E-state index in [1.54, 1.807) is 6.07 Å². The van der Waals surface area contributed by atoms with E-state index in [2.05, 4.69) is 5.32 Å². The minimum absolute atomic E-state index is 0.0958. The highest BCUT2D eigenvalue weighted by atomic mass is 35.5. The molecule has 0 bridgehead atoms. The van der Waals surface area contributed by atoms with Crippen LogP contribution >= 0.6 is 11.6 Å². The van der Waals surface area contributed by atoms with Crippen LogP contribution in [0, 0.1) is 11.3 Å². The zero-order chi connectivity index (χ0) is 13.1. The van der Waals surface area contributed by atoms with Crippen LogP contribution in [-0.4, -0.2) is 14.3 Å². The van der Waals surface area contributed by atoms with Crippen molar-refractivity contribution in [2.24, 2.45) is 5.14 Å². The molecular weight excluding hydrogens is 266 g/mol. The summed E-state index contributed by atoms with van der Waals surface area (Å²) in [5, 5.41) is 15.7. The van der Waals surface area contributed by atoms with E-state index < -0.39 is 15.9 Å². The molecule has 0 radical (unpaired) electrons. The molecular formula is C9H8ClN3O3S.